The minimum atomic E-state index is -0.672. The molecular formula is C16H29NO2. The summed E-state index contributed by atoms with van der Waals surface area (Å²) in [6, 6.07) is 0.524. The third kappa shape index (κ3) is 1.97. The Bertz CT molecular complexity index is 365. The Hall–Kier alpha value is -0.120. The van der Waals surface area contributed by atoms with Crippen molar-refractivity contribution in [2.24, 2.45) is 16.7 Å². The second-order valence-electron chi connectivity index (χ2n) is 8.10. The fourth-order valence-electron chi connectivity index (χ4n) is 5.09. The van der Waals surface area contributed by atoms with Crippen LogP contribution in [0.3, 0.4) is 0 Å². The van der Waals surface area contributed by atoms with Crippen molar-refractivity contribution in [2.75, 3.05) is 13.2 Å². The predicted octanol–water partition coefficient (Wildman–Crippen LogP) is 2.33. The highest BCUT2D eigenvalue weighted by atomic mass is 16.5. The van der Waals surface area contributed by atoms with Gasteiger partial charge in [-0.05, 0) is 42.9 Å². The van der Waals surface area contributed by atoms with Crippen molar-refractivity contribution in [3.8, 4) is 0 Å². The molecule has 0 aromatic heterocycles. The van der Waals surface area contributed by atoms with Gasteiger partial charge in [0.05, 0.1) is 6.10 Å². The van der Waals surface area contributed by atoms with Gasteiger partial charge in [0.15, 0.2) is 0 Å². The zero-order valence-corrected chi connectivity index (χ0v) is 12.8. The molecule has 0 radical (unpaired) electrons. The van der Waals surface area contributed by atoms with Crippen molar-refractivity contribution in [3.63, 3.8) is 0 Å². The average molecular weight is 267 g/mol. The van der Waals surface area contributed by atoms with Gasteiger partial charge in [-0.25, -0.2) is 0 Å². The molecule has 2 N–H and O–H groups in total. The van der Waals surface area contributed by atoms with Crippen LogP contribution < -0.4 is 5.32 Å². The molecule has 2 bridgehead atoms. The highest BCUT2D eigenvalue weighted by Gasteiger charge is 2.59. The molecule has 5 atom stereocenters. The lowest BCUT2D eigenvalue weighted by Crippen LogP contribution is -2.56. The topological polar surface area (TPSA) is 41.5 Å². The van der Waals surface area contributed by atoms with Gasteiger partial charge in [0.1, 0.15) is 5.60 Å². The molecule has 1 heterocycles. The van der Waals surface area contributed by atoms with Gasteiger partial charge >= 0.3 is 0 Å². The Morgan fingerprint density at radius 3 is 2.53 bits per heavy atom. The van der Waals surface area contributed by atoms with Gasteiger partial charge in [0.2, 0.25) is 0 Å². The first-order valence-corrected chi connectivity index (χ1v) is 7.85. The maximum absolute atomic E-state index is 10.7. The number of hydrogen-bond acceptors (Lipinski definition) is 3. The summed E-state index contributed by atoms with van der Waals surface area (Å²) in [5.74, 6) is 0.849. The molecule has 3 aliphatic rings. The van der Waals surface area contributed by atoms with Crippen LogP contribution in [0.2, 0.25) is 0 Å². The highest BCUT2D eigenvalue weighted by Crippen LogP contribution is 2.62. The van der Waals surface area contributed by atoms with Gasteiger partial charge in [-0.2, -0.15) is 0 Å². The fraction of sp³-hybridized carbons (Fsp3) is 1.00. The van der Waals surface area contributed by atoms with Crippen molar-refractivity contribution >= 4 is 0 Å². The van der Waals surface area contributed by atoms with E-state index in [2.05, 4.69) is 26.1 Å². The van der Waals surface area contributed by atoms with Crippen LogP contribution in [0.4, 0.5) is 0 Å². The second-order valence-corrected chi connectivity index (χ2v) is 8.10. The molecule has 3 rings (SSSR count). The van der Waals surface area contributed by atoms with Crippen LogP contribution in [0, 0.1) is 16.7 Å². The maximum atomic E-state index is 10.7. The summed E-state index contributed by atoms with van der Waals surface area (Å²) in [5.41, 5.74) is 0.105. The van der Waals surface area contributed by atoms with Gasteiger partial charge in [-0.1, -0.05) is 20.8 Å². The monoisotopic (exact) mass is 267 g/mol. The van der Waals surface area contributed by atoms with Gasteiger partial charge in [0.25, 0.3) is 0 Å². The van der Waals surface area contributed by atoms with Crippen LogP contribution in [0.5, 0.6) is 0 Å². The van der Waals surface area contributed by atoms with E-state index in [9.17, 15) is 5.11 Å². The fourth-order valence-corrected chi connectivity index (χ4v) is 5.09. The van der Waals surface area contributed by atoms with E-state index in [4.69, 9.17) is 4.74 Å². The van der Waals surface area contributed by atoms with E-state index in [1.165, 1.54) is 19.3 Å². The van der Waals surface area contributed by atoms with E-state index in [0.29, 0.717) is 30.0 Å². The number of hydrogen-bond donors (Lipinski definition) is 2. The normalized spacial score (nSPS) is 51.9. The van der Waals surface area contributed by atoms with Crippen LogP contribution in [0.15, 0.2) is 0 Å². The smallest absolute Gasteiger partial charge is 0.105 e. The molecule has 19 heavy (non-hydrogen) atoms. The highest BCUT2D eigenvalue weighted by molar-refractivity contribution is 5.12. The van der Waals surface area contributed by atoms with E-state index >= 15 is 0 Å². The largest absolute Gasteiger partial charge is 0.386 e. The van der Waals surface area contributed by atoms with Crippen LogP contribution in [0.25, 0.3) is 0 Å². The number of fused-ring (bicyclic) bond motifs is 2. The average Bonchev–Trinajstić information content (AvgIpc) is 2.90. The summed E-state index contributed by atoms with van der Waals surface area (Å²) in [6.45, 7) is 10.6. The predicted molar refractivity (Wildman–Crippen MR) is 76.0 cm³/mol. The summed E-state index contributed by atoms with van der Waals surface area (Å²) in [4.78, 5) is 0. The van der Waals surface area contributed by atoms with Crippen LogP contribution in [-0.4, -0.2) is 36.0 Å². The van der Waals surface area contributed by atoms with Crippen molar-refractivity contribution in [1.29, 1.82) is 0 Å². The Balaban J connectivity index is 1.70. The molecule has 2 saturated carbocycles. The SMILES string of the molecule is CC1OCCC1(O)CNC1C2(C)CCC(C2)C1(C)C. The molecule has 0 amide bonds. The Morgan fingerprint density at radius 1 is 1.26 bits per heavy atom. The number of rotatable bonds is 3. The van der Waals surface area contributed by atoms with Crippen LogP contribution in [0.1, 0.15) is 53.4 Å². The van der Waals surface area contributed by atoms with Crippen LogP contribution >= 0.6 is 0 Å². The molecule has 1 aliphatic heterocycles. The molecule has 3 fully saturated rings. The standard InChI is InChI=1S/C16H29NO2/c1-11-16(18,7-8-19-11)10-17-13-14(2,3)12-5-6-15(13,4)9-12/h11-13,17-18H,5-10H2,1-4H3. The number of ether oxygens (including phenoxy) is 1. The van der Waals surface area contributed by atoms with Crippen molar-refractivity contribution < 1.29 is 9.84 Å². The van der Waals surface area contributed by atoms with E-state index in [0.717, 1.165) is 12.3 Å². The molecule has 2 aliphatic carbocycles. The first kappa shape index (κ1) is 13.8. The van der Waals surface area contributed by atoms with Gasteiger partial charge < -0.3 is 15.2 Å². The Morgan fingerprint density at radius 2 is 2.00 bits per heavy atom. The zero-order valence-electron chi connectivity index (χ0n) is 12.8. The Kier molecular flexibility index (Phi) is 3.05. The van der Waals surface area contributed by atoms with E-state index in [1.54, 1.807) is 0 Å². The van der Waals surface area contributed by atoms with Crippen molar-refractivity contribution in [2.45, 2.75) is 71.1 Å². The molecule has 0 aromatic carbocycles. The molecule has 5 unspecified atom stereocenters. The summed E-state index contributed by atoms with van der Waals surface area (Å²) >= 11 is 0. The minimum absolute atomic E-state index is 0.0468. The molecule has 3 nitrogen and oxygen atoms in total. The molecule has 0 aromatic rings. The lowest BCUT2D eigenvalue weighted by atomic mass is 9.68. The molecule has 110 valence electrons. The van der Waals surface area contributed by atoms with Gasteiger partial charge in [0, 0.05) is 25.6 Å². The number of nitrogens with one attached hydrogen (secondary N) is 1. The quantitative estimate of drug-likeness (QED) is 0.824. The first-order valence-electron chi connectivity index (χ1n) is 7.85. The third-order valence-electron chi connectivity index (χ3n) is 6.54. The summed E-state index contributed by atoms with van der Waals surface area (Å²) in [5, 5.41) is 14.4. The lowest BCUT2D eigenvalue weighted by molar-refractivity contribution is -0.0346. The third-order valence-corrected chi connectivity index (χ3v) is 6.54. The summed E-state index contributed by atoms with van der Waals surface area (Å²) < 4.78 is 5.53. The van der Waals surface area contributed by atoms with Crippen molar-refractivity contribution in [1.82, 2.24) is 5.32 Å². The van der Waals surface area contributed by atoms with Gasteiger partial charge in [-0.3, -0.25) is 0 Å². The summed E-state index contributed by atoms with van der Waals surface area (Å²) in [6.07, 6.45) is 4.78. The van der Waals surface area contributed by atoms with Gasteiger partial charge in [-0.15, -0.1) is 0 Å². The Labute approximate surface area is 117 Å². The number of aliphatic hydroxyl groups is 1. The molecule has 3 heteroatoms. The van der Waals surface area contributed by atoms with Crippen molar-refractivity contribution in [3.05, 3.63) is 0 Å². The maximum Gasteiger partial charge on any atom is 0.105 e. The first-order chi connectivity index (χ1) is 8.78. The van der Waals surface area contributed by atoms with Crippen LogP contribution in [-0.2, 0) is 4.74 Å². The molecule has 1 saturated heterocycles. The molecule has 0 spiro atoms. The van der Waals surface area contributed by atoms with E-state index in [1.807, 2.05) is 6.92 Å². The minimum Gasteiger partial charge on any atom is -0.386 e. The van der Waals surface area contributed by atoms with E-state index in [-0.39, 0.29) is 6.10 Å². The lowest BCUT2D eigenvalue weighted by Gasteiger charge is -2.44. The van der Waals surface area contributed by atoms with E-state index < -0.39 is 5.60 Å². The summed E-state index contributed by atoms with van der Waals surface area (Å²) in [7, 11) is 0. The molecular weight excluding hydrogens is 238 g/mol. The second kappa shape index (κ2) is 4.19. The zero-order chi connectivity index (χ0) is 13.9.